The number of carbonyl (C=O) groups is 1. The fraction of sp³-hybridized carbons (Fsp3) is 0.138. The second-order valence-corrected chi connectivity index (χ2v) is 9.11. The predicted molar refractivity (Wildman–Crippen MR) is 135 cm³/mol. The maximum Gasteiger partial charge on any atom is 0.248 e. The molecule has 2 aliphatic rings. The topological polar surface area (TPSA) is 97.2 Å². The quantitative estimate of drug-likeness (QED) is 0.475. The van der Waals surface area contributed by atoms with Gasteiger partial charge in [0.15, 0.2) is 0 Å². The van der Waals surface area contributed by atoms with E-state index in [1.807, 2.05) is 92.7 Å². The lowest BCUT2D eigenvalue weighted by atomic mass is 9.69. The molecule has 1 aromatic heterocycles. The van der Waals surface area contributed by atoms with Gasteiger partial charge in [-0.25, -0.2) is 4.68 Å². The highest BCUT2D eigenvalue weighted by Gasteiger charge is 2.61. The normalized spacial score (nSPS) is 18.1. The molecule has 2 N–H and O–H groups in total. The van der Waals surface area contributed by atoms with Gasteiger partial charge in [0, 0.05) is 11.3 Å². The average molecular weight is 474 g/mol. The zero-order valence-electron chi connectivity index (χ0n) is 19.9. The second-order valence-electron chi connectivity index (χ2n) is 9.11. The van der Waals surface area contributed by atoms with Crippen molar-refractivity contribution in [1.82, 2.24) is 9.78 Å². The molecule has 36 heavy (non-hydrogen) atoms. The highest BCUT2D eigenvalue weighted by Crippen LogP contribution is 2.56. The number of nitriles is 1. The summed E-state index contributed by atoms with van der Waals surface area (Å²) in [5.74, 6) is 0.00185. The first kappa shape index (κ1) is 21.7. The number of hydrogen-bond acceptors (Lipinski definition) is 5. The van der Waals surface area contributed by atoms with Gasteiger partial charge in [0.1, 0.15) is 17.1 Å². The number of amides is 1. The number of anilines is 1. The van der Waals surface area contributed by atoms with Crippen LogP contribution < -0.4 is 15.4 Å². The SMILES string of the molecule is Cc1ccc(CN2C(=O)[C@]3(C(C#N)=C(N)Oc4c3c(C)nn4-c3ccccc3)c3ccccc32)cc1. The van der Waals surface area contributed by atoms with E-state index in [1.54, 1.807) is 9.58 Å². The summed E-state index contributed by atoms with van der Waals surface area (Å²) in [5.41, 5.74) is 10.5. The van der Waals surface area contributed by atoms with Crippen LogP contribution in [-0.2, 0) is 16.8 Å². The minimum Gasteiger partial charge on any atom is -0.422 e. The number of aryl methyl sites for hydroxylation is 2. The van der Waals surface area contributed by atoms with E-state index in [4.69, 9.17) is 15.6 Å². The number of nitrogens with zero attached hydrogens (tertiary/aromatic N) is 4. The summed E-state index contributed by atoms with van der Waals surface area (Å²) in [7, 11) is 0. The Balaban J connectivity index is 1.62. The number of carbonyl (C=O) groups excluding carboxylic acids is 1. The molecule has 176 valence electrons. The Morgan fingerprint density at radius 1 is 1.00 bits per heavy atom. The van der Waals surface area contributed by atoms with E-state index in [9.17, 15) is 10.1 Å². The van der Waals surface area contributed by atoms with Crippen LogP contribution in [0.15, 0.2) is 90.3 Å². The molecule has 1 spiro atoms. The van der Waals surface area contributed by atoms with Crippen LogP contribution in [0.4, 0.5) is 5.69 Å². The zero-order chi connectivity index (χ0) is 25.0. The van der Waals surface area contributed by atoms with Crippen LogP contribution in [0.3, 0.4) is 0 Å². The smallest absolute Gasteiger partial charge is 0.248 e. The fourth-order valence-corrected chi connectivity index (χ4v) is 5.35. The number of para-hydroxylation sites is 2. The highest BCUT2D eigenvalue weighted by atomic mass is 16.5. The Labute approximate surface area is 208 Å². The molecule has 1 amide bonds. The van der Waals surface area contributed by atoms with Crippen molar-refractivity contribution in [3.8, 4) is 17.6 Å². The maximum atomic E-state index is 14.6. The average Bonchev–Trinajstić information content (AvgIpc) is 3.34. The molecular formula is C29H23N5O2. The molecule has 2 aliphatic heterocycles. The van der Waals surface area contributed by atoms with Gasteiger partial charge in [-0.15, -0.1) is 0 Å². The van der Waals surface area contributed by atoms with E-state index < -0.39 is 5.41 Å². The molecule has 1 atom stereocenters. The number of fused-ring (bicyclic) bond motifs is 4. The van der Waals surface area contributed by atoms with Gasteiger partial charge in [-0.1, -0.05) is 66.2 Å². The lowest BCUT2D eigenvalue weighted by Crippen LogP contribution is -2.46. The molecule has 0 aliphatic carbocycles. The van der Waals surface area contributed by atoms with Gasteiger partial charge in [-0.2, -0.15) is 10.4 Å². The third-order valence-electron chi connectivity index (χ3n) is 6.96. The molecule has 0 unspecified atom stereocenters. The van der Waals surface area contributed by atoms with E-state index in [0.29, 0.717) is 29.2 Å². The Bertz CT molecular complexity index is 1600. The van der Waals surface area contributed by atoms with E-state index in [2.05, 4.69) is 6.07 Å². The fourth-order valence-electron chi connectivity index (χ4n) is 5.35. The number of aromatic nitrogens is 2. The molecule has 3 heterocycles. The third-order valence-corrected chi connectivity index (χ3v) is 6.96. The summed E-state index contributed by atoms with van der Waals surface area (Å²) in [6.07, 6.45) is 0. The van der Waals surface area contributed by atoms with E-state index in [-0.39, 0.29) is 17.4 Å². The Morgan fingerprint density at radius 3 is 2.42 bits per heavy atom. The zero-order valence-corrected chi connectivity index (χ0v) is 19.9. The minimum absolute atomic E-state index is 0.0783. The molecule has 0 saturated carbocycles. The van der Waals surface area contributed by atoms with Crippen molar-refractivity contribution < 1.29 is 9.53 Å². The molecule has 0 bridgehead atoms. The van der Waals surface area contributed by atoms with Gasteiger partial charge in [0.05, 0.1) is 23.5 Å². The Hall–Kier alpha value is -4.83. The van der Waals surface area contributed by atoms with Gasteiger partial charge < -0.3 is 15.4 Å². The maximum absolute atomic E-state index is 14.6. The molecule has 6 rings (SSSR count). The van der Waals surface area contributed by atoms with Gasteiger partial charge >= 0.3 is 0 Å². The summed E-state index contributed by atoms with van der Waals surface area (Å²) in [5, 5.41) is 15.1. The van der Waals surface area contributed by atoms with Crippen molar-refractivity contribution in [3.63, 3.8) is 0 Å². The summed E-state index contributed by atoms with van der Waals surface area (Å²) in [6, 6.07) is 27.4. The molecule has 7 heteroatoms. The third kappa shape index (κ3) is 2.85. The number of rotatable bonds is 3. The van der Waals surface area contributed by atoms with Crippen LogP contribution in [0.25, 0.3) is 5.69 Å². The van der Waals surface area contributed by atoms with Crippen LogP contribution >= 0.6 is 0 Å². The summed E-state index contributed by atoms with van der Waals surface area (Å²) in [6.45, 7) is 4.22. The molecule has 3 aromatic carbocycles. The molecular weight excluding hydrogens is 450 g/mol. The Morgan fingerprint density at radius 2 is 1.69 bits per heavy atom. The van der Waals surface area contributed by atoms with Crippen LogP contribution in [-0.4, -0.2) is 15.7 Å². The monoisotopic (exact) mass is 473 g/mol. The van der Waals surface area contributed by atoms with Crippen molar-refractivity contribution in [1.29, 1.82) is 5.26 Å². The van der Waals surface area contributed by atoms with Crippen LogP contribution in [0, 0.1) is 25.2 Å². The van der Waals surface area contributed by atoms with Crippen molar-refractivity contribution in [2.75, 3.05) is 4.90 Å². The first-order valence-corrected chi connectivity index (χ1v) is 11.7. The summed E-state index contributed by atoms with van der Waals surface area (Å²) < 4.78 is 7.67. The van der Waals surface area contributed by atoms with Crippen molar-refractivity contribution in [3.05, 3.63) is 118 Å². The van der Waals surface area contributed by atoms with E-state index in [0.717, 1.165) is 22.5 Å². The molecule has 0 saturated heterocycles. The second kappa shape index (κ2) is 7.85. The van der Waals surface area contributed by atoms with Gasteiger partial charge in [-0.05, 0) is 37.6 Å². The number of ether oxygens (including phenoxy) is 1. The first-order valence-electron chi connectivity index (χ1n) is 11.7. The van der Waals surface area contributed by atoms with Crippen LogP contribution in [0.2, 0.25) is 0 Å². The summed E-state index contributed by atoms with van der Waals surface area (Å²) >= 11 is 0. The van der Waals surface area contributed by atoms with Crippen LogP contribution in [0.1, 0.15) is 27.9 Å². The van der Waals surface area contributed by atoms with Gasteiger partial charge in [-0.3, -0.25) is 4.79 Å². The molecule has 7 nitrogen and oxygen atoms in total. The largest absolute Gasteiger partial charge is 0.422 e. The van der Waals surface area contributed by atoms with Gasteiger partial charge in [0.2, 0.25) is 17.7 Å². The predicted octanol–water partition coefficient (Wildman–Crippen LogP) is 4.41. The van der Waals surface area contributed by atoms with Crippen molar-refractivity contribution in [2.45, 2.75) is 25.8 Å². The Kier molecular flexibility index (Phi) is 4.73. The number of nitrogens with two attached hydrogens (primary N) is 1. The lowest BCUT2D eigenvalue weighted by Gasteiger charge is -2.33. The van der Waals surface area contributed by atoms with E-state index >= 15 is 0 Å². The number of benzene rings is 3. The minimum atomic E-state index is -1.45. The van der Waals surface area contributed by atoms with Crippen LogP contribution in [0.5, 0.6) is 5.88 Å². The molecule has 0 fully saturated rings. The lowest BCUT2D eigenvalue weighted by molar-refractivity contribution is -0.121. The summed E-state index contributed by atoms with van der Waals surface area (Å²) in [4.78, 5) is 16.3. The van der Waals surface area contributed by atoms with Gasteiger partial charge in [0.25, 0.3) is 0 Å². The van der Waals surface area contributed by atoms with E-state index in [1.165, 1.54) is 0 Å². The number of hydrogen-bond donors (Lipinski definition) is 1. The first-order chi connectivity index (χ1) is 17.5. The molecule has 4 aromatic rings. The highest BCUT2D eigenvalue weighted by molar-refractivity contribution is 6.14. The standard InChI is InChI=1S/C29H23N5O2/c1-18-12-14-20(15-13-18)17-33-24-11-7-6-10-22(24)29(28(33)35)23(16-30)26(31)36-27-25(29)19(2)32-34(27)21-8-4-3-5-9-21/h3-15H,17,31H2,1-2H3/t29-/m0/s1. The van der Waals surface area contributed by atoms with Crippen molar-refractivity contribution in [2.24, 2.45) is 5.73 Å². The van der Waals surface area contributed by atoms with Crippen molar-refractivity contribution >= 4 is 11.6 Å². The molecule has 0 radical (unpaired) electrons.